The Hall–Kier alpha value is -3.01. The summed E-state index contributed by atoms with van der Waals surface area (Å²) in [6.45, 7) is 0. The Morgan fingerprint density at radius 1 is 1.03 bits per heavy atom. The topological polar surface area (TPSA) is 115 Å². The number of aromatic nitrogens is 3. The number of carbonyl (C=O) groups excluding carboxylic acids is 1. The van der Waals surface area contributed by atoms with Gasteiger partial charge < -0.3 is 4.74 Å². The Labute approximate surface area is 160 Å². The highest BCUT2D eigenvalue weighted by molar-refractivity contribution is 7.80. The maximum absolute atomic E-state index is 12.9. The Kier molecular flexibility index (Phi) is 6.58. The lowest BCUT2D eigenvalue weighted by Gasteiger charge is -2.12. The Bertz CT molecular complexity index is 923. The minimum atomic E-state index is -4.98. The molecule has 0 spiro atoms. The molecule has 1 aromatic carbocycles. The van der Waals surface area contributed by atoms with Crippen LogP contribution in [0.15, 0.2) is 29.2 Å². The minimum absolute atomic E-state index is 0.645. The van der Waals surface area contributed by atoms with E-state index in [2.05, 4.69) is 24.0 Å². The van der Waals surface area contributed by atoms with E-state index in [1.165, 1.54) is 5.48 Å². The molecule has 2 N–H and O–H groups in total. The van der Waals surface area contributed by atoms with E-state index in [0.717, 1.165) is 25.3 Å². The molecule has 0 saturated carbocycles. The van der Waals surface area contributed by atoms with Crippen molar-refractivity contribution < 1.29 is 44.4 Å². The number of anilines is 1. The predicted molar refractivity (Wildman–Crippen MR) is 82.5 cm³/mol. The number of urea groups is 1. The summed E-state index contributed by atoms with van der Waals surface area (Å²) in [7, 11) is 0.962. The molecular weight excluding hydrogens is 436 g/mol. The number of amides is 2. The van der Waals surface area contributed by atoms with Crippen molar-refractivity contribution in [2.24, 2.45) is 0 Å². The van der Waals surface area contributed by atoms with E-state index < -0.39 is 57.7 Å². The molecule has 2 aromatic rings. The van der Waals surface area contributed by atoms with E-state index >= 15 is 0 Å². The van der Waals surface area contributed by atoms with Gasteiger partial charge in [-0.2, -0.15) is 45.6 Å². The van der Waals surface area contributed by atoms with E-state index in [0.29, 0.717) is 6.07 Å². The van der Waals surface area contributed by atoms with Crippen molar-refractivity contribution in [2.45, 2.75) is 17.2 Å². The Balaban J connectivity index is 2.09. The van der Waals surface area contributed by atoms with Crippen molar-refractivity contribution >= 4 is 23.1 Å². The highest BCUT2D eigenvalue weighted by Gasteiger charge is 2.37. The fourth-order valence-corrected chi connectivity index (χ4v) is 2.52. The van der Waals surface area contributed by atoms with Crippen molar-refractivity contribution in [3.05, 3.63) is 35.7 Å². The maximum Gasteiger partial charge on any atom is 0.451 e. The van der Waals surface area contributed by atoms with E-state index in [4.69, 9.17) is 0 Å². The van der Waals surface area contributed by atoms with Gasteiger partial charge in [-0.1, -0.05) is 12.1 Å². The van der Waals surface area contributed by atoms with Crippen LogP contribution in [0.3, 0.4) is 0 Å². The summed E-state index contributed by atoms with van der Waals surface area (Å²) in [5, 5.41) is 1.71. The predicted octanol–water partition coefficient (Wildman–Crippen LogP) is 2.69. The number of halogens is 6. The average Bonchev–Trinajstić information content (AvgIpc) is 2.64. The van der Waals surface area contributed by atoms with Crippen LogP contribution in [0.5, 0.6) is 6.01 Å². The van der Waals surface area contributed by atoms with Gasteiger partial charge in [0.2, 0.25) is 22.9 Å². The molecule has 0 aliphatic rings. The van der Waals surface area contributed by atoms with Gasteiger partial charge in [-0.15, -0.1) is 0 Å². The molecule has 9 nitrogen and oxygen atoms in total. The fourth-order valence-electron chi connectivity index (χ4n) is 1.72. The lowest BCUT2D eigenvalue weighted by molar-refractivity contribution is -0.145. The summed E-state index contributed by atoms with van der Waals surface area (Å²) >= 11 is -2.79. The lowest BCUT2D eigenvalue weighted by atomic mass is 10.2. The Morgan fingerprint density at radius 3 is 2.28 bits per heavy atom. The molecule has 1 aromatic heterocycles. The molecule has 158 valence electrons. The first-order valence-electron chi connectivity index (χ1n) is 7.11. The first-order valence-corrected chi connectivity index (χ1v) is 8.19. The molecule has 16 heteroatoms. The van der Waals surface area contributed by atoms with E-state index in [1.54, 1.807) is 5.32 Å². The number of hydrogen-bond acceptors (Lipinski definition) is 7. The van der Waals surface area contributed by atoms with E-state index in [1.807, 2.05) is 0 Å². The molecule has 1 unspecified atom stereocenters. The molecule has 0 aliphatic heterocycles. The summed E-state index contributed by atoms with van der Waals surface area (Å²) in [6.07, 6.45) is -9.82. The van der Waals surface area contributed by atoms with Gasteiger partial charge in [-0.05, 0) is 12.1 Å². The number of benzene rings is 1. The molecule has 0 bridgehead atoms. The zero-order valence-electron chi connectivity index (χ0n) is 14.0. The van der Waals surface area contributed by atoms with Crippen LogP contribution in [-0.2, 0) is 27.7 Å². The van der Waals surface area contributed by atoms with Crippen LogP contribution >= 0.6 is 0 Å². The standard InChI is InChI=1S/C13H9F6N5O4S/c1-27-11-21-8(13(17,18)19)20-9(23-11)22-10(25)24-28-29(26)7-5-3-2-4-6(7)12(14,15)16/h2-5H,1H3,(H2,20,21,22,23,24,25). The summed E-state index contributed by atoms with van der Waals surface area (Å²) < 4.78 is 97.4. The number of hydrogen-bond donors (Lipinski definition) is 2. The van der Waals surface area contributed by atoms with Crippen molar-refractivity contribution in [3.63, 3.8) is 0 Å². The normalized spacial score (nSPS) is 12.9. The number of ether oxygens (including phenoxy) is 1. The second-order valence-electron chi connectivity index (χ2n) is 4.84. The number of carbonyl (C=O) groups is 1. The second kappa shape index (κ2) is 8.56. The van der Waals surface area contributed by atoms with Crippen molar-refractivity contribution in [1.29, 1.82) is 0 Å². The number of methoxy groups -OCH3 is 1. The van der Waals surface area contributed by atoms with Gasteiger partial charge in [0, 0.05) is 0 Å². The molecule has 0 fully saturated rings. The van der Waals surface area contributed by atoms with Gasteiger partial charge in [-0.25, -0.2) is 14.5 Å². The van der Waals surface area contributed by atoms with Crippen LogP contribution in [0.4, 0.5) is 37.1 Å². The third-order valence-corrected chi connectivity index (χ3v) is 3.81. The van der Waals surface area contributed by atoms with Gasteiger partial charge in [-0.3, -0.25) is 5.32 Å². The molecule has 0 radical (unpaired) electrons. The number of hydroxylamine groups is 1. The van der Waals surface area contributed by atoms with E-state index in [-0.39, 0.29) is 0 Å². The van der Waals surface area contributed by atoms with Crippen LogP contribution in [0.2, 0.25) is 0 Å². The minimum Gasteiger partial charge on any atom is -0.467 e. The largest absolute Gasteiger partial charge is 0.467 e. The second-order valence-corrected chi connectivity index (χ2v) is 5.91. The summed E-state index contributed by atoms with van der Waals surface area (Å²) in [4.78, 5) is 20.1. The van der Waals surface area contributed by atoms with Crippen LogP contribution in [0, 0.1) is 0 Å². The molecule has 1 atom stereocenters. The number of rotatable bonds is 5. The molecule has 29 heavy (non-hydrogen) atoms. The van der Waals surface area contributed by atoms with Gasteiger partial charge in [0.25, 0.3) is 0 Å². The van der Waals surface area contributed by atoms with Crippen molar-refractivity contribution in [1.82, 2.24) is 20.4 Å². The molecule has 0 saturated heterocycles. The molecule has 2 amide bonds. The molecule has 1 heterocycles. The van der Waals surface area contributed by atoms with Gasteiger partial charge >= 0.3 is 24.4 Å². The maximum atomic E-state index is 12.9. The molecule has 2 rings (SSSR count). The summed E-state index contributed by atoms with van der Waals surface area (Å²) in [6, 6.07) is 1.50. The third-order valence-electron chi connectivity index (χ3n) is 2.86. The monoisotopic (exact) mass is 445 g/mol. The Morgan fingerprint density at radius 2 is 1.69 bits per heavy atom. The molecule has 0 aliphatic carbocycles. The number of nitrogens with zero attached hydrogens (tertiary/aromatic N) is 3. The SMILES string of the molecule is COc1nc(NC(=O)NOS(=O)c2ccccc2C(F)(F)F)nc(C(F)(F)F)n1. The highest BCUT2D eigenvalue weighted by Crippen LogP contribution is 2.33. The van der Waals surface area contributed by atoms with Crippen LogP contribution in [0.1, 0.15) is 11.4 Å². The van der Waals surface area contributed by atoms with E-state index in [9.17, 15) is 35.3 Å². The lowest BCUT2D eigenvalue weighted by Crippen LogP contribution is -2.31. The first kappa shape index (κ1) is 22.3. The van der Waals surface area contributed by atoms with Crippen LogP contribution in [0.25, 0.3) is 0 Å². The zero-order chi connectivity index (χ0) is 21.8. The van der Waals surface area contributed by atoms with Crippen LogP contribution < -0.4 is 15.5 Å². The molecular formula is C13H9F6N5O4S. The van der Waals surface area contributed by atoms with Gasteiger partial charge in [0.15, 0.2) is 0 Å². The zero-order valence-corrected chi connectivity index (χ0v) is 14.8. The van der Waals surface area contributed by atoms with Gasteiger partial charge in [0.1, 0.15) is 0 Å². The fraction of sp³-hybridized carbons (Fsp3) is 0.231. The average molecular weight is 445 g/mol. The van der Waals surface area contributed by atoms with Crippen LogP contribution in [-0.4, -0.2) is 32.3 Å². The summed E-state index contributed by atoms with van der Waals surface area (Å²) in [5.74, 6) is -2.59. The van der Waals surface area contributed by atoms with Crippen molar-refractivity contribution in [3.8, 4) is 6.01 Å². The van der Waals surface area contributed by atoms with Gasteiger partial charge in [0.05, 0.1) is 17.6 Å². The third kappa shape index (κ3) is 5.98. The van der Waals surface area contributed by atoms with Crippen molar-refractivity contribution in [2.75, 3.05) is 12.4 Å². The highest BCUT2D eigenvalue weighted by atomic mass is 32.2. The number of alkyl halides is 6. The summed E-state index contributed by atoms with van der Waals surface area (Å²) in [5.41, 5.74) is 0.198. The first-order chi connectivity index (χ1) is 13.4. The number of nitrogens with one attached hydrogen (secondary N) is 2. The quantitative estimate of drug-likeness (QED) is 0.537. The smallest absolute Gasteiger partial charge is 0.451 e.